The van der Waals surface area contributed by atoms with E-state index >= 15 is 0 Å². The van der Waals surface area contributed by atoms with Crippen LogP contribution in [0.1, 0.15) is 46.5 Å². The molecule has 26 heavy (non-hydrogen) atoms. The van der Waals surface area contributed by atoms with Crippen LogP contribution in [0.15, 0.2) is 0 Å². The lowest BCUT2D eigenvalue weighted by atomic mass is 9.91. The molecular formula is C14H22O12. The predicted octanol–water partition coefficient (Wildman–Crippen LogP) is -1.62. The van der Waals surface area contributed by atoms with Crippen LogP contribution in [0, 0.1) is 0 Å². The quantitative estimate of drug-likeness (QED) is 0.214. The summed E-state index contributed by atoms with van der Waals surface area (Å²) in [6, 6.07) is 0. The van der Waals surface area contributed by atoms with Gasteiger partial charge in [0.1, 0.15) is 0 Å². The first kappa shape index (κ1) is 23.7. The maximum absolute atomic E-state index is 11.6. The third-order valence-corrected chi connectivity index (χ3v) is 3.08. The molecule has 0 aromatic carbocycles. The van der Waals surface area contributed by atoms with E-state index in [1.807, 2.05) is 0 Å². The van der Waals surface area contributed by atoms with Crippen LogP contribution < -0.4 is 0 Å². The smallest absolute Gasteiger partial charge is 0.382 e. The minimum Gasteiger partial charge on any atom is -0.382 e. The Morgan fingerprint density at radius 1 is 0.923 bits per heavy atom. The monoisotopic (exact) mass is 382 g/mol. The number of rotatable bonds is 8. The van der Waals surface area contributed by atoms with Crippen LogP contribution in [0.25, 0.3) is 0 Å². The number of aliphatic hydroxyl groups is 4. The summed E-state index contributed by atoms with van der Waals surface area (Å²) in [7, 11) is 0. The largest absolute Gasteiger partial charge is 0.392 e. The molecule has 0 aromatic heterocycles. The van der Waals surface area contributed by atoms with Crippen LogP contribution in [0.5, 0.6) is 0 Å². The number of hydrogen-bond acceptors (Lipinski definition) is 12. The van der Waals surface area contributed by atoms with E-state index in [2.05, 4.69) is 19.6 Å². The van der Waals surface area contributed by atoms with Gasteiger partial charge >= 0.3 is 23.9 Å². The van der Waals surface area contributed by atoms with Gasteiger partial charge in [-0.25, -0.2) is 38.7 Å². The standard InChI is InChI=1S/C14H22O12/c1-4-7-14(21,22)13(3,20)12(19)26-24-10(17)6-5-9(16)23-25-11(18)8(2)15/h8,15,20-22H,4-7H2,1-3H3. The zero-order chi connectivity index (χ0) is 20.5. The van der Waals surface area contributed by atoms with Crippen molar-refractivity contribution in [2.24, 2.45) is 0 Å². The molecule has 0 fully saturated rings. The minimum atomic E-state index is -2.82. The summed E-state index contributed by atoms with van der Waals surface area (Å²) in [5.41, 5.74) is -2.78. The second-order valence-corrected chi connectivity index (χ2v) is 5.50. The molecule has 0 saturated carbocycles. The summed E-state index contributed by atoms with van der Waals surface area (Å²) in [6.07, 6.45) is -2.94. The Morgan fingerprint density at radius 3 is 1.81 bits per heavy atom. The Labute approximate surface area is 148 Å². The highest BCUT2D eigenvalue weighted by Gasteiger charge is 2.52. The van der Waals surface area contributed by atoms with Crippen LogP contribution in [0.2, 0.25) is 0 Å². The van der Waals surface area contributed by atoms with Crippen LogP contribution in [0.4, 0.5) is 0 Å². The SMILES string of the molecule is CCCC(O)(O)C(C)(O)C(=O)OOC(=O)CCC(=O)OOC(=O)C(C)O. The molecule has 150 valence electrons. The van der Waals surface area contributed by atoms with Gasteiger partial charge in [-0.05, 0) is 13.8 Å². The van der Waals surface area contributed by atoms with Gasteiger partial charge in [-0.2, -0.15) is 0 Å². The van der Waals surface area contributed by atoms with E-state index in [1.54, 1.807) is 6.92 Å². The lowest BCUT2D eigenvalue weighted by Gasteiger charge is -2.33. The molecule has 0 radical (unpaired) electrons. The fourth-order valence-corrected chi connectivity index (χ4v) is 1.37. The summed E-state index contributed by atoms with van der Waals surface area (Å²) in [6.45, 7) is 3.40. The van der Waals surface area contributed by atoms with E-state index in [9.17, 15) is 34.5 Å². The number of carbonyl (C=O) groups is 4. The first-order chi connectivity index (χ1) is 11.8. The van der Waals surface area contributed by atoms with Crippen molar-refractivity contribution >= 4 is 23.9 Å². The molecular weight excluding hydrogens is 360 g/mol. The Hall–Kier alpha value is -2.28. The third-order valence-electron chi connectivity index (χ3n) is 3.08. The molecule has 12 heteroatoms. The van der Waals surface area contributed by atoms with E-state index in [4.69, 9.17) is 5.11 Å². The average Bonchev–Trinajstić information content (AvgIpc) is 2.54. The van der Waals surface area contributed by atoms with Crippen molar-refractivity contribution in [3.05, 3.63) is 0 Å². The van der Waals surface area contributed by atoms with Crippen molar-refractivity contribution in [1.82, 2.24) is 0 Å². The van der Waals surface area contributed by atoms with Crippen LogP contribution >= 0.6 is 0 Å². The average molecular weight is 382 g/mol. The molecule has 2 atom stereocenters. The van der Waals surface area contributed by atoms with Crippen LogP contribution in [-0.2, 0) is 38.7 Å². The molecule has 0 rings (SSSR count). The lowest BCUT2D eigenvalue weighted by molar-refractivity contribution is -0.307. The van der Waals surface area contributed by atoms with Gasteiger partial charge in [-0.3, -0.25) is 0 Å². The zero-order valence-corrected chi connectivity index (χ0v) is 14.5. The Balaban J connectivity index is 4.32. The molecule has 0 amide bonds. The normalized spacial score (nSPS) is 14.6. The van der Waals surface area contributed by atoms with Gasteiger partial charge < -0.3 is 20.4 Å². The van der Waals surface area contributed by atoms with Gasteiger partial charge in [0.2, 0.25) is 11.4 Å². The van der Waals surface area contributed by atoms with E-state index in [1.165, 1.54) is 0 Å². The Bertz CT molecular complexity index is 522. The fourth-order valence-electron chi connectivity index (χ4n) is 1.37. The minimum absolute atomic E-state index is 0.220. The van der Waals surface area contributed by atoms with Gasteiger partial charge in [0.05, 0.1) is 12.8 Å². The first-order valence-electron chi connectivity index (χ1n) is 7.53. The highest BCUT2D eigenvalue weighted by molar-refractivity contribution is 5.82. The van der Waals surface area contributed by atoms with E-state index in [-0.39, 0.29) is 12.8 Å². The third kappa shape index (κ3) is 7.31. The van der Waals surface area contributed by atoms with Crippen molar-refractivity contribution in [2.75, 3.05) is 0 Å². The molecule has 12 nitrogen and oxygen atoms in total. The first-order valence-corrected chi connectivity index (χ1v) is 7.53. The molecule has 0 aliphatic rings. The Morgan fingerprint density at radius 2 is 1.38 bits per heavy atom. The Kier molecular flexibility index (Phi) is 9.13. The fraction of sp³-hybridized carbons (Fsp3) is 0.714. The van der Waals surface area contributed by atoms with Gasteiger partial charge in [-0.1, -0.05) is 13.3 Å². The molecule has 0 spiro atoms. The highest BCUT2D eigenvalue weighted by atomic mass is 17.2. The molecule has 0 saturated heterocycles. The van der Waals surface area contributed by atoms with Crippen LogP contribution in [0.3, 0.4) is 0 Å². The molecule has 0 aliphatic heterocycles. The number of carbonyl (C=O) groups excluding carboxylic acids is 4. The van der Waals surface area contributed by atoms with Crippen molar-refractivity contribution in [1.29, 1.82) is 0 Å². The number of aliphatic hydroxyl groups excluding tert-OH is 1. The summed E-state index contributed by atoms with van der Waals surface area (Å²) in [5, 5.41) is 37.9. The zero-order valence-electron chi connectivity index (χ0n) is 14.5. The van der Waals surface area contributed by atoms with Crippen molar-refractivity contribution in [3.8, 4) is 0 Å². The summed E-state index contributed by atoms with van der Waals surface area (Å²) in [4.78, 5) is 61.0. The second kappa shape index (κ2) is 10.0. The van der Waals surface area contributed by atoms with Crippen LogP contribution in [-0.4, -0.2) is 61.8 Å². The number of hydrogen-bond donors (Lipinski definition) is 4. The maximum Gasteiger partial charge on any atom is 0.392 e. The second-order valence-electron chi connectivity index (χ2n) is 5.50. The summed E-state index contributed by atoms with van der Waals surface area (Å²) in [5.74, 6) is -8.06. The van der Waals surface area contributed by atoms with E-state index in [0.717, 1.165) is 13.8 Å². The molecule has 0 aromatic rings. The van der Waals surface area contributed by atoms with Gasteiger partial charge in [0.25, 0.3) is 0 Å². The van der Waals surface area contributed by atoms with Crippen molar-refractivity contribution in [2.45, 2.75) is 63.9 Å². The van der Waals surface area contributed by atoms with Crippen molar-refractivity contribution < 1.29 is 59.2 Å². The summed E-state index contributed by atoms with van der Waals surface area (Å²) < 4.78 is 0. The molecule has 4 N–H and O–H groups in total. The molecule has 0 heterocycles. The highest BCUT2D eigenvalue weighted by Crippen LogP contribution is 2.26. The molecule has 2 unspecified atom stereocenters. The molecule has 0 bridgehead atoms. The van der Waals surface area contributed by atoms with Gasteiger partial charge in [0, 0.05) is 6.42 Å². The van der Waals surface area contributed by atoms with E-state index in [0.29, 0.717) is 0 Å². The maximum atomic E-state index is 11.6. The topological polar surface area (TPSA) is 186 Å². The molecule has 0 aliphatic carbocycles. The van der Waals surface area contributed by atoms with E-state index < -0.39 is 54.2 Å². The van der Waals surface area contributed by atoms with Crippen molar-refractivity contribution in [3.63, 3.8) is 0 Å². The van der Waals surface area contributed by atoms with Gasteiger partial charge in [-0.15, -0.1) is 0 Å². The predicted molar refractivity (Wildman–Crippen MR) is 78.0 cm³/mol. The van der Waals surface area contributed by atoms with Gasteiger partial charge in [0.15, 0.2) is 6.10 Å². The lowest BCUT2D eigenvalue weighted by Crippen LogP contribution is -2.58. The summed E-state index contributed by atoms with van der Waals surface area (Å²) >= 11 is 0.